The number of nitrogens with zero attached hydrogens (tertiary/aromatic N) is 4. The Hall–Kier alpha value is -3.47. The molecule has 0 N–H and O–H groups in total. The van der Waals surface area contributed by atoms with Crippen molar-refractivity contribution in [1.29, 1.82) is 0 Å². The van der Waals surface area contributed by atoms with Gasteiger partial charge in [0.15, 0.2) is 6.61 Å². The van der Waals surface area contributed by atoms with Gasteiger partial charge in [0, 0.05) is 49.9 Å². The molecule has 0 radical (unpaired) electrons. The largest absolute Gasteiger partial charge is 0.484 e. The average molecular weight is 505 g/mol. The van der Waals surface area contributed by atoms with E-state index in [0.29, 0.717) is 19.5 Å². The van der Waals surface area contributed by atoms with E-state index in [0.717, 1.165) is 28.4 Å². The molecule has 1 saturated heterocycles. The molecule has 184 valence electrons. The molecule has 2 amide bonds. The zero-order valence-corrected chi connectivity index (χ0v) is 19.7. The summed E-state index contributed by atoms with van der Waals surface area (Å²) in [5, 5.41) is 2.62. The number of benzene rings is 1. The van der Waals surface area contributed by atoms with E-state index in [2.05, 4.69) is 4.98 Å². The number of carbonyl (C=O) groups excluding carboxylic acids is 2. The molecular weight excluding hydrogens is 481 g/mol. The molecule has 1 aliphatic heterocycles. The topological polar surface area (TPSA) is 75.6 Å². The maximum atomic E-state index is 13.2. The second-order valence-electron chi connectivity index (χ2n) is 8.02. The Labute approximate surface area is 204 Å². The quantitative estimate of drug-likeness (QED) is 0.514. The van der Waals surface area contributed by atoms with Gasteiger partial charge >= 0.3 is 6.18 Å². The van der Waals surface area contributed by atoms with Crippen LogP contribution in [0.15, 0.2) is 54.2 Å². The molecule has 35 heavy (non-hydrogen) atoms. The number of ether oxygens (including phenoxy) is 1. The lowest BCUT2D eigenvalue weighted by atomic mass is 10.1. The third kappa shape index (κ3) is 5.97. The normalized spacial score (nSPS) is 16.6. The first-order valence-electron chi connectivity index (χ1n) is 10.9. The van der Waals surface area contributed by atoms with Gasteiger partial charge in [-0.15, -0.1) is 11.3 Å². The Morgan fingerprint density at radius 2 is 1.91 bits per heavy atom. The fourth-order valence-electron chi connectivity index (χ4n) is 3.89. The summed E-state index contributed by atoms with van der Waals surface area (Å²) in [6.07, 6.45) is -0.678. The molecule has 0 bridgehead atoms. The first-order chi connectivity index (χ1) is 16.7. The molecule has 0 spiro atoms. The summed E-state index contributed by atoms with van der Waals surface area (Å²) in [5.74, 6) is -0.521. The van der Waals surface area contributed by atoms with Crippen LogP contribution in [-0.2, 0) is 15.8 Å². The molecule has 3 aromatic rings. The Balaban J connectivity index is 1.54. The van der Waals surface area contributed by atoms with Gasteiger partial charge in [-0.3, -0.25) is 14.6 Å². The number of hydrogen-bond acceptors (Lipinski definition) is 6. The zero-order chi connectivity index (χ0) is 25.0. The smallest absolute Gasteiger partial charge is 0.416 e. The summed E-state index contributed by atoms with van der Waals surface area (Å²) in [4.78, 5) is 37.2. The van der Waals surface area contributed by atoms with Crippen LogP contribution in [0.2, 0.25) is 0 Å². The standard InChI is InChI=1S/C24H23F3N4O3S/c1-16(32)30-10-7-21(23-29-20(15-35-23)17-5-8-28-9-6-17)31(12-11-30)22(33)14-34-19-4-2-3-18(13-19)24(25,26)27/h2-6,8-9,13,15,21H,7,10-12,14H2,1H3. The molecule has 0 saturated carbocycles. The maximum absolute atomic E-state index is 13.2. The van der Waals surface area contributed by atoms with Gasteiger partial charge in [0.1, 0.15) is 10.8 Å². The van der Waals surface area contributed by atoms with E-state index < -0.39 is 30.3 Å². The van der Waals surface area contributed by atoms with Crippen molar-refractivity contribution in [3.8, 4) is 17.0 Å². The fourth-order valence-corrected chi connectivity index (χ4v) is 4.86. The van der Waals surface area contributed by atoms with Crippen LogP contribution in [0.25, 0.3) is 11.3 Å². The summed E-state index contributed by atoms with van der Waals surface area (Å²) in [5.41, 5.74) is 0.804. The second-order valence-corrected chi connectivity index (χ2v) is 8.91. The van der Waals surface area contributed by atoms with Crippen molar-refractivity contribution in [3.63, 3.8) is 0 Å². The molecule has 1 fully saturated rings. The van der Waals surface area contributed by atoms with Crippen LogP contribution < -0.4 is 4.74 Å². The Morgan fingerprint density at radius 1 is 1.14 bits per heavy atom. The van der Waals surface area contributed by atoms with Crippen LogP contribution in [-0.4, -0.2) is 57.8 Å². The molecule has 4 rings (SSSR count). The maximum Gasteiger partial charge on any atom is 0.416 e. The molecule has 11 heteroatoms. The summed E-state index contributed by atoms with van der Waals surface area (Å²) in [6.45, 7) is 2.12. The number of amides is 2. The predicted molar refractivity (Wildman–Crippen MR) is 124 cm³/mol. The molecule has 1 aromatic carbocycles. The highest BCUT2D eigenvalue weighted by Crippen LogP contribution is 2.33. The van der Waals surface area contributed by atoms with Gasteiger partial charge in [-0.05, 0) is 36.8 Å². The molecular formula is C24H23F3N4O3S. The lowest BCUT2D eigenvalue weighted by molar-refractivity contribution is -0.137. The lowest BCUT2D eigenvalue weighted by Crippen LogP contribution is -2.40. The van der Waals surface area contributed by atoms with E-state index in [1.165, 1.54) is 30.4 Å². The van der Waals surface area contributed by atoms with E-state index in [-0.39, 0.29) is 18.2 Å². The third-order valence-electron chi connectivity index (χ3n) is 5.73. The highest BCUT2D eigenvalue weighted by Gasteiger charge is 2.33. The van der Waals surface area contributed by atoms with Crippen molar-refractivity contribution in [3.05, 3.63) is 64.7 Å². The van der Waals surface area contributed by atoms with Crippen LogP contribution in [0.5, 0.6) is 5.75 Å². The number of pyridine rings is 1. The average Bonchev–Trinajstić information content (AvgIpc) is 3.22. The number of halogens is 3. The van der Waals surface area contributed by atoms with Gasteiger partial charge in [0.2, 0.25) is 5.91 Å². The SMILES string of the molecule is CC(=O)N1CCC(c2nc(-c3ccncc3)cs2)N(C(=O)COc2cccc(C(F)(F)F)c2)CC1. The van der Waals surface area contributed by atoms with Crippen LogP contribution in [0, 0.1) is 0 Å². The van der Waals surface area contributed by atoms with Crippen molar-refractivity contribution in [1.82, 2.24) is 19.8 Å². The van der Waals surface area contributed by atoms with Crippen molar-refractivity contribution in [2.75, 3.05) is 26.2 Å². The molecule has 0 aliphatic carbocycles. The van der Waals surface area contributed by atoms with Gasteiger partial charge in [-0.2, -0.15) is 13.2 Å². The summed E-state index contributed by atoms with van der Waals surface area (Å²) < 4.78 is 44.4. The minimum atomic E-state index is -4.51. The van der Waals surface area contributed by atoms with Gasteiger partial charge in [-0.1, -0.05) is 6.07 Å². The highest BCUT2D eigenvalue weighted by atomic mass is 32.1. The summed E-state index contributed by atoms with van der Waals surface area (Å²) >= 11 is 1.42. The summed E-state index contributed by atoms with van der Waals surface area (Å²) in [7, 11) is 0. The van der Waals surface area contributed by atoms with Crippen LogP contribution in [0.1, 0.15) is 30.0 Å². The van der Waals surface area contributed by atoms with Gasteiger partial charge in [0.25, 0.3) is 5.91 Å². The highest BCUT2D eigenvalue weighted by molar-refractivity contribution is 7.10. The van der Waals surface area contributed by atoms with Gasteiger partial charge in [-0.25, -0.2) is 4.98 Å². The van der Waals surface area contributed by atoms with Gasteiger partial charge in [0.05, 0.1) is 17.3 Å². The molecule has 2 aromatic heterocycles. The molecule has 7 nitrogen and oxygen atoms in total. The van der Waals surface area contributed by atoms with E-state index in [4.69, 9.17) is 9.72 Å². The van der Waals surface area contributed by atoms with E-state index in [9.17, 15) is 22.8 Å². The van der Waals surface area contributed by atoms with Crippen LogP contribution in [0.4, 0.5) is 13.2 Å². The van der Waals surface area contributed by atoms with E-state index in [1.807, 2.05) is 17.5 Å². The number of thiazole rings is 1. The third-order valence-corrected chi connectivity index (χ3v) is 6.68. The van der Waals surface area contributed by atoms with Crippen molar-refractivity contribution >= 4 is 23.2 Å². The summed E-state index contributed by atoms with van der Waals surface area (Å²) in [6, 6.07) is 7.72. The van der Waals surface area contributed by atoms with Crippen molar-refractivity contribution < 1.29 is 27.5 Å². The first kappa shape index (κ1) is 24.6. The minimum absolute atomic E-state index is 0.0425. The van der Waals surface area contributed by atoms with Crippen LogP contribution >= 0.6 is 11.3 Å². The molecule has 1 atom stereocenters. The lowest BCUT2D eigenvalue weighted by Gasteiger charge is -2.28. The Kier molecular flexibility index (Phi) is 7.34. The zero-order valence-electron chi connectivity index (χ0n) is 18.9. The number of hydrogen-bond donors (Lipinski definition) is 0. The fraction of sp³-hybridized carbons (Fsp3) is 0.333. The number of aromatic nitrogens is 2. The Bertz CT molecular complexity index is 1190. The minimum Gasteiger partial charge on any atom is -0.484 e. The molecule has 1 unspecified atom stereocenters. The predicted octanol–water partition coefficient (Wildman–Crippen LogP) is 4.42. The van der Waals surface area contributed by atoms with Crippen molar-refractivity contribution in [2.45, 2.75) is 25.6 Å². The van der Waals surface area contributed by atoms with Crippen molar-refractivity contribution in [2.24, 2.45) is 0 Å². The first-order valence-corrected chi connectivity index (χ1v) is 11.8. The number of carbonyl (C=O) groups is 2. The number of alkyl halides is 3. The second kappa shape index (κ2) is 10.4. The Morgan fingerprint density at radius 3 is 2.63 bits per heavy atom. The van der Waals surface area contributed by atoms with E-state index in [1.54, 1.807) is 22.2 Å². The van der Waals surface area contributed by atoms with E-state index >= 15 is 0 Å². The molecule has 3 heterocycles. The number of rotatable bonds is 5. The van der Waals surface area contributed by atoms with Crippen LogP contribution in [0.3, 0.4) is 0 Å². The van der Waals surface area contributed by atoms with Gasteiger partial charge < -0.3 is 14.5 Å². The monoisotopic (exact) mass is 504 g/mol. The molecule has 1 aliphatic rings.